The number of nitrogens with zero attached hydrogens (tertiary/aromatic N) is 2. The van der Waals surface area contributed by atoms with Crippen LogP contribution in [0.25, 0.3) is 0 Å². The van der Waals surface area contributed by atoms with Crippen LogP contribution in [0.3, 0.4) is 0 Å². The van der Waals surface area contributed by atoms with Gasteiger partial charge in [0.1, 0.15) is 11.6 Å². The Morgan fingerprint density at radius 3 is 2.81 bits per heavy atom. The highest BCUT2D eigenvalue weighted by Crippen LogP contribution is 2.12. The standard InChI is InChI=1S/C12H13N3O/c13-12-9-11(4-7-15-12)16-8-5-10-3-1-2-6-14-10/h1-4,6-7,9H,5,8H2,(H2,13,15). The lowest BCUT2D eigenvalue weighted by molar-refractivity contribution is 0.320. The average Bonchev–Trinajstić information content (AvgIpc) is 2.30. The van der Waals surface area contributed by atoms with Gasteiger partial charge in [0.05, 0.1) is 6.61 Å². The predicted octanol–water partition coefficient (Wildman–Crippen LogP) is 1.68. The molecule has 0 atom stereocenters. The van der Waals surface area contributed by atoms with Gasteiger partial charge >= 0.3 is 0 Å². The highest BCUT2D eigenvalue weighted by Gasteiger charge is 1.96. The average molecular weight is 215 g/mol. The van der Waals surface area contributed by atoms with Crippen molar-refractivity contribution in [2.45, 2.75) is 6.42 Å². The fourth-order valence-electron chi connectivity index (χ4n) is 1.34. The quantitative estimate of drug-likeness (QED) is 0.842. The molecule has 2 rings (SSSR count). The Kier molecular flexibility index (Phi) is 3.33. The maximum Gasteiger partial charge on any atom is 0.126 e. The Bertz CT molecular complexity index is 445. The lowest BCUT2D eigenvalue weighted by Crippen LogP contribution is -2.03. The van der Waals surface area contributed by atoms with E-state index in [1.807, 2.05) is 18.2 Å². The summed E-state index contributed by atoms with van der Waals surface area (Å²) in [6.07, 6.45) is 4.19. The smallest absolute Gasteiger partial charge is 0.126 e. The first-order valence-corrected chi connectivity index (χ1v) is 5.09. The minimum atomic E-state index is 0.468. The molecule has 2 heterocycles. The molecule has 0 aliphatic heterocycles. The van der Waals surface area contributed by atoms with E-state index in [0.29, 0.717) is 12.4 Å². The van der Waals surface area contributed by atoms with Crippen molar-refractivity contribution in [2.75, 3.05) is 12.3 Å². The lowest BCUT2D eigenvalue weighted by Gasteiger charge is -2.05. The highest BCUT2D eigenvalue weighted by molar-refractivity contribution is 5.35. The van der Waals surface area contributed by atoms with E-state index in [4.69, 9.17) is 10.5 Å². The predicted molar refractivity (Wildman–Crippen MR) is 62.1 cm³/mol. The van der Waals surface area contributed by atoms with Gasteiger partial charge in [-0.2, -0.15) is 0 Å². The zero-order chi connectivity index (χ0) is 11.2. The summed E-state index contributed by atoms with van der Waals surface area (Å²) >= 11 is 0. The molecule has 0 saturated heterocycles. The number of hydrogen-bond acceptors (Lipinski definition) is 4. The van der Waals surface area contributed by atoms with Gasteiger partial charge in [-0.15, -0.1) is 0 Å². The number of ether oxygens (including phenoxy) is 1. The molecule has 0 spiro atoms. The maximum absolute atomic E-state index is 5.54. The number of nitrogen functional groups attached to an aromatic ring is 1. The molecule has 0 bridgehead atoms. The molecule has 4 heteroatoms. The van der Waals surface area contributed by atoms with Crippen molar-refractivity contribution in [3.63, 3.8) is 0 Å². The van der Waals surface area contributed by atoms with Crippen LogP contribution >= 0.6 is 0 Å². The van der Waals surface area contributed by atoms with Crippen LogP contribution < -0.4 is 10.5 Å². The number of rotatable bonds is 4. The zero-order valence-electron chi connectivity index (χ0n) is 8.84. The third-order valence-corrected chi connectivity index (χ3v) is 2.11. The Hall–Kier alpha value is -2.10. The zero-order valence-corrected chi connectivity index (χ0v) is 8.84. The second-order valence-electron chi connectivity index (χ2n) is 3.34. The minimum Gasteiger partial charge on any atom is -0.493 e. The second kappa shape index (κ2) is 5.11. The molecule has 16 heavy (non-hydrogen) atoms. The van der Waals surface area contributed by atoms with E-state index in [-0.39, 0.29) is 0 Å². The van der Waals surface area contributed by atoms with Gasteiger partial charge in [0.25, 0.3) is 0 Å². The fraction of sp³-hybridized carbons (Fsp3) is 0.167. The first kappa shape index (κ1) is 10.4. The molecule has 2 aromatic rings. The molecule has 82 valence electrons. The van der Waals surface area contributed by atoms with Crippen LogP contribution in [0.4, 0.5) is 5.82 Å². The highest BCUT2D eigenvalue weighted by atomic mass is 16.5. The van der Waals surface area contributed by atoms with Crippen molar-refractivity contribution >= 4 is 5.82 Å². The molecular formula is C12H13N3O. The SMILES string of the molecule is Nc1cc(OCCc2ccccn2)ccn1. The van der Waals surface area contributed by atoms with Crippen LogP contribution in [0.5, 0.6) is 5.75 Å². The third-order valence-electron chi connectivity index (χ3n) is 2.11. The van der Waals surface area contributed by atoms with Crippen molar-refractivity contribution < 1.29 is 4.74 Å². The van der Waals surface area contributed by atoms with Gasteiger partial charge in [-0.05, 0) is 18.2 Å². The van der Waals surface area contributed by atoms with Gasteiger partial charge in [0.15, 0.2) is 0 Å². The van der Waals surface area contributed by atoms with E-state index in [1.54, 1.807) is 24.5 Å². The third kappa shape index (κ3) is 2.95. The minimum absolute atomic E-state index is 0.468. The lowest BCUT2D eigenvalue weighted by atomic mass is 10.3. The van der Waals surface area contributed by atoms with E-state index in [9.17, 15) is 0 Å². The summed E-state index contributed by atoms with van der Waals surface area (Å²) in [6.45, 7) is 0.584. The van der Waals surface area contributed by atoms with Crippen LogP contribution in [0.2, 0.25) is 0 Å². The molecule has 0 saturated carbocycles. The van der Waals surface area contributed by atoms with Crippen LogP contribution in [0.15, 0.2) is 42.7 Å². The van der Waals surface area contributed by atoms with Crippen molar-refractivity contribution in [2.24, 2.45) is 0 Å². The van der Waals surface area contributed by atoms with Crippen LogP contribution in [-0.2, 0) is 6.42 Å². The van der Waals surface area contributed by atoms with Gasteiger partial charge in [-0.1, -0.05) is 6.07 Å². The molecule has 0 fully saturated rings. The summed E-state index contributed by atoms with van der Waals surface area (Å²) < 4.78 is 5.53. The van der Waals surface area contributed by atoms with E-state index >= 15 is 0 Å². The van der Waals surface area contributed by atoms with E-state index < -0.39 is 0 Å². The molecule has 2 aromatic heterocycles. The fourth-order valence-corrected chi connectivity index (χ4v) is 1.34. The monoisotopic (exact) mass is 215 g/mol. The molecule has 0 amide bonds. The summed E-state index contributed by atoms with van der Waals surface area (Å²) in [7, 11) is 0. The van der Waals surface area contributed by atoms with Gasteiger partial charge in [-0.3, -0.25) is 4.98 Å². The second-order valence-corrected chi connectivity index (χ2v) is 3.34. The van der Waals surface area contributed by atoms with E-state index in [2.05, 4.69) is 9.97 Å². The van der Waals surface area contributed by atoms with Gasteiger partial charge in [0, 0.05) is 30.6 Å². The number of pyridine rings is 2. The molecule has 0 aliphatic rings. The Labute approximate surface area is 94.1 Å². The van der Waals surface area contributed by atoms with Crippen LogP contribution in [0, 0.1) is 0 Å². The summed E-state index contributed by atoms with van der Waals surface area (Å²) in [5.41, 5.74) is 6.56. The van der Waals surface area contributed by atoms with Crippen molar-refractivity contribution in [3.05, 3.63) is 48.4 Å². The Morgan fingerprint density at radius 2 is 2.06 bits per heavy atom. The first-order valence-electron chi connectivity index (χ1n) is 5.09. The van der Waals surface area contributed by atoms with Gasteiger partial charge in [0.2, 0.25) is 0 Å². The van der Waals surface area contributed by atoms with E-state index in [0.717, 1.165) is 17.9 Å². The van der Waals surface area contributed by atoms with E-state index in [1.165, 1.54) is 0 Å². The Morgan fingerprint density at radius 1 is 1.12 bits per heavy atom. The summed E-state index contributed by atoms with van der Waals surface area (Å²) in [5, 5.41) is 0. The maximum atomic E-state index is 5.54. The van der Waals surface area contributed by atoms with Crippen LogP contribution in [0.1, 0.15) is 5.69 Å². The van der Waals surface area contributed by atoms with Crippen molar-refractivity contribution in [3.8, 4) is 5.75 Å². The summed E-state index contributed by atoms with van der Waals surface area (Å²) in [4.78, 5) is 8.10. The molecule has 0 aromatic carbocycles. The Balaban J connectivity index is 1.85. The number of anilines is 1. The van der Waals surface area contributed by atoms with Gasteiger partial charge < -0.3 is 10.5 Å². The molecule has 4 nitrogen and oxygen atoms in total. The number of nitrogens with two attached hydrogens (primary N) is 1. The topological polar surface area (TPSA) is 61.0 Å². The molecular weight excluding hydrogens is 202 g/mol. The molecule has 2 N–H and O–H groups in total. The molecule has 0 radical (unpaired) electrons. The molecule has 0 unspecified atom stereocenters. The first-order chi connectivity index (χ1) is 7.84. The largest absolute Gasteiger partial charge is 0.493 e. The summed E-state index contributed by atoms with van der Waals surface area (Å²) in [5.74, 6) is 1.21. The van der Waals surface area contributed by atoms with Crippen molar-refractivity contribution in [1.29, 1.82) is 0 Å². The number of hydrogen-bond donors (Lipinski definition) is 1. The normalized spacial score (nSPS) is 10.0. The molecule has 0 aliphatic carbocycles. The van der Waals surface area contributed by atoms with Crippen molar-refractivity contribution in [1.82, 2.24) is 9.97 Å². The number of aromatic nitrogens is 2. The summed E-state index contributed by atoms with van der Waals surface area (Å²) in [6, 6.07) is 9.33. The van der Waals surface area contributed by atoms with Crippen LogP contribution in [-0.4, -0.2) is 16.6 Å². The van der Waals surface area contributed by atoms with Gasteiger partial charge in [-0.25, -0.2) is 4.98 Å².